The Kier molecular flexibility index (Phi) is 6.06. The van der Waals surface area contributed by atoms with E-state index in [0.29, 0.717) is 12.1 Å². The third-order valence-corrected chi connectivity index (χ3v) is 4.91. The molecule has 112 valence electrons. The zero-order chi connectivity index (χ0) is 14.5. The smallest absolute Gasteiger partial charge is 0.0317 e. The van der Waals surface area contributed by atoms with Gasteiger partial charge >= 0.3 is 0 Å². The molecule has 0 aromatic heterocycles. The van der Waals surface area contributed by atoms with Crippen LogP contribution in [-0.2, 0) is 0 Å². The minimum absolute atomic E-state index is 0.483. The summed E-state index contributed by atoms with van der Waals surface area (Å²) in [6.07, 6.45) is 2.48. The number of rotatable bonds is 6. The largest absolute Gasteiger partial charge is 0.310 e. The first-order valence-electron chi connectivity index (χ1n) is 7.83. The normalized spacial score (nSPS) is 21.6. The summed E-state index contributed by atoms with van der Waals surface area (Å²) in [5.74, 6) is 0.807. The Bertz CT molecular complexity index is 402. The van der Waals surface area contributed by atoms with Crippen molar-refractivity contribution >= 4 is 15.9 Å². The molecule has 1 aromatic carbocycles. The van der Waals surface area contributed by atoms with Gasteiger partial charge in [-0.1, -0.05) is 35.0 Å². The van der Waals surface area contributed by atoms with Crippen LogP contribution in [-0.4, -0.2) is 30.6 Å². The molecule has 0 saturated carbocycles. The Morgan fingerprint density at radius 1 is 1.30 bits per heavy atom. The quantitative estimate of drug-likeness (QED) is 0.835. The number of benzene rings is 1. The molecule has 0 bridgehead atoms. The topological polar surface area (TPSA) is 15.3 Å². The second kappa shape index (κ2) is 7.58. The Morgan fingerprint density at radius 2 is 2.00 bits per heavy atom. The Balaban J connectivity index is 1.84. The molecule has 0 aliphatic carbocycles. The van der Waals surface area contributed by atoms with Gasteiger partial charge < -0.3 is 10.2 Å². The number of hydrogen-bond acceptors (Lipinski definition) is 2. The number of nitrogens with one attached hydrogen (secondary N) is 1. The first kappa shape index (κ1) is 16.0. The van der Waals surface area contributed by atoms with Gasteiger partial charge in [-0.05, 0) is 63.4 Å². The van der Waals surface area contributed by atoms with Crippen LogP contribution in [0.3, 0.4) is 0 Å². The van der Waals surface area contributed by atoms with Gasteiger partial charge in [0.1, 0.15) is 0 Å². The molecule has 2 rings (SSSR count). The third-order valence-electron chi connectivity index (χ3n) is 4.38. The second-order valence-electron chi connectivity index (χ2n) is 6.16. The maximum atomic E-state index is 3.76. The van der Waals surface area contributed by atoms with E-state index in [-0.39, 0.29) is 0 Å². The van der Waals surface area contributed by atoms with Crippen molar-refractivity contribution in [2.45, 2.75) is 45.7 Å². The molecule has 1 N–H and O–H groups in total. The number of nitrogens with zero attached hydrogens (tertiary/aromatic N) is 1. The fourth-order valence-electron chi connectivity index (χ4n) is 3.00. The summed E-state index contributed by atoms with van der Waals surface area (Å²) in [5, 5.41) is 3.76. The van der Waals surface area contributed by atoms with Gasteiger partial charge in [0.25, 0.3) is 0 Å². The molecule has 2 nitrogen and oxygen atoms in total. The molecule has 0 amide bonds. The Labute approximate surface area is 132 Å². The van der Waals surface area contributed by atoms with Crippen LogP contribution in [0.25, 0.3) is 0 Å². The van der Waals surface area contributed by atoms with Crippen LogP contribution in [0.2, 0.25) is 0 Å². The molecule has 1 aliphatic heterocycles. The predicted octanol–water partition coefficient (Wildman–Crippen LogP) is 4.22. The predicted molar refractivity (Wildman–Crippen MR) is 90.0 cm³/mol. The third kappa shape index (κ3) is 4.31. The van der Waals surface area contributed by atoms with E-state index in [1.54, 1.807) is 0 Å². The van der Waals surface area contributed by atoms with Crippen molar-refractivity contribution in [2.24, 2.45) is 5.92 Å². The van der Waals surface area contributed by atoms with Crippen molar-refractivity contribution in [3.8, 4) is 0 Å². The van der Waals surface area contributed by atoms with Gasteiger partial charge in [-0.2, -0.15) is 0 Å². The van der Waals surface area contributed by atoms with E-state index in [0.717, 1.165) is 23.4 Å². The highest BCUT2D eigenvalue weighted by Gasteiger charge is 2.24. The van der Waals surface area contributed by atoms with Gasteiger partial charge in [0, 0.05) is 23.1 Å². The van der Waals surface area contributed by atoms with Crippen molar-refractivity contribution in [3.05, 3.63) is 34.3 Å². The van der Waals surface area contributed by atoms with Crippen LogP contribution in [0, 0.1) is 5.92 Å². The van der Waals surface area contributed by atoms with E-state index in [4.69, 9.17) is 0 Å². The highest BCUT2D eigenvalue weighted by molar-refractivity contribution is 9.10. The molecule has 1 heterocycles. The zero-order valence-corrected chi connectivity index (χ0v) is 14.5. The van der Waals surface area contributed by atoms with Gasteiger partial charge in [0.05, 0.1) is 0 Å². The van der Waals surface area contributed by atoms with E-state index in [2.05, 4.69) is 71.2 Å². The minimum atomic E-state index is 0.483. The summed E-state index contributed by atoms with van der Waals surface area (Å²) in [4.78, 5) is 2.59. The van der Waals surface area contributed by atoms with Crippen LogP contribution in [0.15, 0.2) is 28.7 Å². The monoisotopic (exact) mass is 338 g/mol. The zero-order valence-electron chi connectivity index (χ0n) is 12.9. The lowest BCUT2D eigenvalue weighted by Crippen LogP contribution is -2.31. The molecule has 3 heteroatoms. The average Bonchev–Trinajstić information content (AvgIpc) is 2.90. The van der Waals surface area contributed by atoms with Crippen molar-refractivity contribution in [1.29, 1.82) is 0 Å². The van der Waals surface area contributed by atoms with E-state index in [1.165, 1.54) is 25.1 Å². The lowest BCUT2D eigenvalue weighted by molar-refractivity contribution is 0.262. The highest BCUT2D eigenvalue weighted by Crippen LogP contribution is 2.22. The summed E-state index contributed by atoms with van der Waals surface area (Å²) < 4.78 is 1.15. The van der Waals surface area contributed by atoms with E-state index in [9.17, 15) is 0 Å². The number of halogens is 1. The van der Waals surface area contributed by atoms with Crippen molar-refractivity contribution in [1.82, 2.24) is 10.2 Å². The van der Waals surface area contributed by atoms with Crippen LogP contribution < -0.4 is 5.32 Å². The SMILES string of the molecule is CCC(NCC1CCN(C(C)C)C1)c1ccc(Br)cc1. The maximum Gasteiger partial charge on any atom is 0.0317 e. The first-order valence-corrected chi connectivity index (χ1v) is 8.62. The summed E-state index contributed by atoms with van der Waals surface area (Å²) in [6, 6.07) is 9.89. The van der Waals surface area contributed by atoms with Crippen molar-refractivity contribution < 1.29 is 0 Å². The summed E-state index contributed by atoms with van der Waals surface area (Å²) in [5.41, 5.74) is 1.40. The molecular formula is C17H27BrN2. The molecule has 1 aliphatic rings. The van der Waals surface area contributed by atoms with Gasteiger partial charge in [-0.3, -0.25) is 0 Å². The van der Waals surface area contributed by atoms with E-state index < -0.39 is 0 Å². The highest BCUT2D eigenvalue weighted by atomic mass is 79.9. The van der Waals surface area contributed by atoms with Gasteiger partial charge in [0.15, 0.2) is 0 Å². The fraction of sp³-hybridized carbons (Fsp3) is 0.647. The van der Waals surface area contributed by atoms with Gasteiger partial charge in [0.2, 0.25) is 0 Å². The van der Waals surface area contributed by atoms with E-state index >= 15 is 0 Å². The first-order chi connectivity index (χ1) is 9.60. The lowest BCUT2D eigenvalue weighted by atomic mass is 10.0. The van der Waals surface area contributed by atoms with Crippen LogP contribution in [0.4, 0.5) is 0 Å². The van der Waals surface area contributed by atoms with Gasteiger partial charge in [-0.25, -0.2) is 0 Å². The molecular weight excluding hydrogens is 312 g/mol. The number of likely N-dealkylation sites (tertiary alicyclic amines) is 1. The maximum absolute atomic E-state index is 3.76. The van der Waals surface area contributed by atoms with E-state index in [1.807, 2.05) is 0 Å². The molecule has 1 aromatic rings. The number of hydrogen-bond donors (Lipinski definition) is 1. The van der Waals surface area contributed by atoms with Crippen LogP contribution in [0.1, 0.15) is 45.2 Å². The average molecular weight is 339 g/mol. The lowest BCUT2D eigenvalue weighted by Gasteiger charge is -2.22. The summed E-state index contributed by atoms with van der Waals surface area (Å²) >= 11 is 3.50. The second-order valence-corrected chi connectivity index (χ2v) is 7.08. The molecule has 2 atom stereocenters. The summed E-state index contributed by atoms with van der Waals surface area (Å²) in [7, 11) is 0. The molecule has 0 spiro atoms. The molecule has 20 heavy (non-hydrogen) atoms. The summed E-state index contributed by atoms with van der Waals surface area (Å²) in [6.45, 7) is 10.5. The standard InChI is InChI=1S/C17H27BrN2/c1-4-17(15-5-7-16(18)8-6-15)19-11-14-9-10-20(12-14)13(2)3/h5-8,13-14,17,19H,4,9-12H2,1-3H3. The molecule has 1 saturated heterocycles. The molecule has 1 fully saturated rings. The van der Waals surface area contributed by atoms with Crippen molar-refractivity contribution in [2.75, 3.05) is 19.6 Å². The molecule has 2 unspecified atom stereocenters. The van der Waals surface area contributed by atoms with Crippen LogP contribution in [0.5, 0.6) is 0 Å². The Hall–Kier alpha value is -0.380. The molecule has 0 radical (unpaired) electrons. The fourth-order valence-corrected chi connectivity index (χ4v) is 3.26. The Morgan fingerprint density at radius 3 is 2.55 bits per heavy atom. The minimum Gasteiger partial charge on any atom is -0.310 e. The van der Waals surface area contributed by atoms with Gasteiger partial charge in [-0.15, -0.1) is 0 Å². The van der Waals surface area contributed by atoms with Crippen LogP contribution >= 0.6 is 15.9 Å². The van der Waals surface area contributed by atoms with Crippen molar-refractivity contribution in [3.63, 3.8) is 0 Å².